The van der Waals surface area contributed by atoms with E-state index in [-0.39, 0.29) is 11.9 Å². The minimum absolute atomic E-state index is 0.0698. The molecule has 0 radical (unpaired) electrons. The summed E-state index contributed by atoms with van der Waals surface area (Å²) in [6, 6.07) is 8.90. The SMILES string of the molecule is Nc1nc2cc(C(=O)N3CCC[C@H]3c3nc(-c4ccncc4)no3)ccc2s1. The second kappa shape index (κ2) is 6.68. The first-order chi connectivity index (χ1) is 13.7. The van der Waals surface area contributed by atoms with E-state index in [1.54, 1.807) is 23.4 Å². The molecular formula is C19H16N6O2S. The molecule has 3 aromatic heterocycles. The fourth-order valence-electron chi connectivity index (χ4n) is 3.50. The van der Waals surface area contributed by atoms with Crippen LogP contribution in [0.4, 0.5) is 5.13 Å². The number of hydrogen-bond acceptors (Lipinski definition) is 8. The van der Waals surface area contributed by atoms with Gasteiger partial charge in [-0.15, -0.1) is 0 Å². The number of carbonyl (C=O) groups is 1. The number of nitrogens with zero attached hydrogens (tertiary/aromatic N) is 5. The highest BCUT2D eigenvalue weighted by atomic mass is 32.1. The Morgan fingerprint density at radius 3 is 2.93 bits per heavy atom. The summed E-state index contributed by atoms with van der Waals surface area (Å²) < 4.78 is 6.45. The van der Waals surface area contributed by atoms with E-state index in [0.29, 0.717) is 29.0 Å². The number of pyridine rings is 1. The number of thiazole rings is 1. The van der Waals surface area contributed by atoms with Crippen LogP contribution in [0.5, 0.6) is 0 Å². The average Bonchev–Trinajstić information content (AvgIpc) is 3.45. The molecule has 2 N–H and O–H groups in total. The molecule has 1 saturated heterocycles. The van der Waals surface area contributed by atoms with Gasteiger partial charge in [0.1, 0.15) is 6.04 Å². The van der Waals surface area contributed by atoms with Crippen LogP contribution in [0, 0.1) is 0 Å². The summed E-state index contributed by atoms with van der Waals surface area (Å²) in [5.41, 5.74) is 7.91. The Hall–Kier alpha value is -3.33. The third-order valence-corrected chi connectivity index (χ3v) is 5.70. The zero-order chi connectivity index (χ0) is 19.1. The van der Waals surface area contributed by atoms with Gasteiger partial charge in [0, 0.05) is 30.1 Å². The number of hydrogen-bond donors (Lipinski definition) is 1. The Bertz CT molecular complexity index is 1160. The van der Waals surface area contributed by atoms with E-state index in [2.05, 4.69) is 20.1 Å². The van der Waals surface area contributed by atoms with Gasteiger partial charge in [-0.25, -0.2) is 4.98 Å². The predicted molar refractivity (Wildman–Crippen MR) is 105 cm³/mol. The van der Waals surface area contributed by atoms with E-state index < -0.39 is 0 Å². The van der Waals surface area contributed by atoms with Crippen LogP contribution >= 0.6 is 11.3 Å². The Balaban J connectivity index is 1.43. The van der Waals surface area contributed by atoms with Crippen molar-refractivity contribution in [2.24, 2.45) is 0 Å². The van der Waals surface area contributed by atoms with Gasteiger partial charge in [0.15, 0.2) is 5.13 Å². The summed E-state index contributed by atoms with van der Waals surface area (Å²) in [6.45, 7) is 0.647. The molecule has 28 heavy (non-hydrogen) atoms. The second-order valence-electron chi connectivity index (χ2n) is 6.58. The summed E-state index contributed by atoms with van der Waals surface area (Å²) in [6.07, 6.45) is 5.03. The third-order valence-electron chi connectivity index (χ3n) is 4.83. The van der Waals surface area contributed by atoms with Crippen LogP contribution in [-0.4, -0.2) is 37.5 Å². The van der Waals surface area contributed by atoms with E-state index in [1.807, 2.05) is 24.3 Å². The van der Waals surface area contributed by atoms with Crippen LogP contribution in [0.15, 0.2) is 47.2 Å². The first-order valence-electron chi connectivity index (χ1n) is 8.90. The number of nitrogens with two attached hydrogens (primary N) is 1. The molecule has 0 aliphatic carbocycles. The van der Waals surface area contributed by atoms with Crippen LogP contribution in [0.2, 0.25) is 0 Å². The zero-order valence-corrected chi connectivity index (χ0v) is 15.6. The van der Waals surface area contributed by atoms with Gasteiger partial charge in [0.05, 0.1) is 10.2 Å². The number of amides is 1. The number of likely N-dealkylation sites (tertiary alicyclic amines) is 1. The summed E-state index contributed by atoms with van der Waals surface area (Å²) in [4.78, 5) is 27.7. The summed E-state index contributed by atoms with van der Waals surface area (Å²) in [7, 11) is 0. The van der Waals surface area contributed by atoms with Gasteiger partial charge < -0.3 is 15.2 Å². The van der Waals surface area contributed by atoms with Crippen LogP contribution in [0.1, 0.15) is 35.1 Å². The number of fused-ring (bicyclic) bond motifs is 1. The maximum Gasteiger partial charge on any atom is 0.254 e. The van der Waals surface area contributed by atoms with Crippen molar-refractivity contribution in [2.75, 3.05) is 12.3 Å². The van der Waals surface area contributed by atoms with Gasteiger partial charge in [-0.05, 0) is 43.2 Å². The molecule has 4 aromatic rings. The molecule has 1 aliphatic rings. The molecule has 1 atom stereocenters. The number of carbonyl (C=O) groups excluding carboxylic acids is 1. The third kappa shape index (κ3) is 2.89. The molecule has 1 fully saturated rings. The maximum absolute atomic E-state index is 13.1. The first-order valence-corrected chi connectivity index (χ1v) is 9.72. The number of rotatable bonds is 3. The molecular weight excluding hydrogens is 376 g/mol. The van der Waals surface area contributed by atoms with Crippen molar-refractivity contribution in [2.45, 2.75) is 18.9 Å². The van der Waals surface area contributed by atoms with E-state index in [4.69, 9.17) is 10.3 Å². The van der Waals surface area contributed by atoms with Crippen molar-refractivity contribution < 1.29 is 9.32 Å². The van der Waals surface area contributed by atoms with Gasteiger partial charge in [0.25, 0.3) is 5.91 Å². The van der Waals surface area contributed by atoms with Crippen molar-refractivity contribution in [3.8, 4) is 11.4 Å². The van der Waals surface area contributed by atoms with Crippen molar-refractivity contribution in [3.05, 3.63) is 54.2 Å². The lowest BCUT2D eigenvalue weighted by molar-refractivity contribution is 0.0710. The molecule has 0 bridgehead atoms. The Morgan fingerprint density at radius 2 is 2.07 bits per heavy atom. The fourth-order valence-corrected chi connectivity index (χ4v) is 4.21. The molecule has 0 saturated carbocycles. The van der Waals surface area contributed by atoms with E-state index in [1.165, 1.54) is 11.3 Å². The van der Waals surface area contributed by atoms with Crippen LogP contribution < -0.4 is 5.73 Å². The Kier molecular flexibility index (Phi) is 4.01. The molecule has 1 amide bonds. The largest absolute Gasteiger partial charge is 0.375 e. The van der Waals surface area contributed by atoms with Crippen molar-refractivity contribution in [3.63, 3.8) is 0 Å². The molecule has 8 nitrogen and oxygen atoms in total. The molecule has 9 heteroatoms. The molecule has 1 aliphatic heterocycles. The van der Waals surface area contributed by atoms with Crippen LogP contribution in [-0.2, 0) is 0 Å². The van der Waals surface area contributed by atoms with Crippen LogP contribution in [0.25, 0.3) is 21.6 Å². The highest BCUT2D eigenvalue weighted by Gasteiger charge is 2.34. The molecule has 140 valence electrons. The van der Waals surface area contributed by atoms with Crippen molar-refractivity contribution in [1.82, 2.24) is 25.0 Å². The lowest BCUT2D eigenvalue weighted by atomic mass is 10.1. The lowest BCUT2D eigenvalue weighted by Gasteiger charge is -2.21. The van der Waals surface area contributed by atoms with Gasteiger partial charge >= 0.3 is 0 Å². The molecule has 0 unspecified atom stereocenters. The molecule has 4 heterocycles. The first kappa shape index (κ1) is 16.8. The van der Waals surface area contributed by atoms with E-state index >= 15 is 0 Å². The number of anilines is 1. The quantitative estimate of drug-likeness (QED) is 0.569. The molecule has 1 aromatic carbocycles. The zero-order valence-electron chi connectivity index (χ0n) is 14.8. The van der Waals surface area contributed by atoms with Crippen molar-refractivity contribution in [1.29, 1.82) is 0 Å². The highest BCUT2D eigenvalue weighted by Crippen LogP contribution is 2.34. The summed E-state index contributed by atoms with van der Waals surface area (Å²) in [5.74, 6) is 0.882. The van der Waals surface area contributed by atoms with Gasteiger partial charge in [-0.3, -0.25) is 9.78 Å². The number of aromatic nitrogens is 4. The summed E-state index contributed by atoms with van der Waals surface area (Å²) >= 11 is 1.41. The van der Waals surface area contributed by atoms with E-state index in [0.717, 1.165) is 28.6 Å². The Labute approximate surface area is 164 Å². The smallest absolute Gasteiger partial charge is 0.254 e. The molecule has 0 spiro atoms. The van der Waals surface area contributed by atoms with E-state index in [9.17, 15) is 4.79 Å². The van der Waals surface area contributed by atoms with Crippen LogP contribution in [0.3, 0.4) is 0 Å². The predicted octanol–water partition coefficient (Wildman–Crippen LogP) is 3.30. The lowest BCUT2D eigenvalue weighted by Crippen LogP contribution is -2.30. The van der Waals surface area contributed by atoms with Gasteiger partial charge in [0.2, 0.25) is 11.7 Å². The number of benzene rings is 1. The summed E-state index contributed by atoms with van der Waals surface area (Å²) in [5, 5.41) is 4.56. The number of nitrogen functional groups attached to an aromatic ring is 1. The fraction of sp³-hybridized carbons (Fsp3) is 0.211. The average molecular weight is 392 g/mol. The standard InChI is InChI=1S/C19H16N6O2S/c20-19-22-13-10-12(3-4-15(13)28-19)18(26)25-9-1-2-14(25)17-23-16(24-27-17)11-5-7-21-8-6-11/h3-8,10,14H,1-2,9H2,(H2,20,22)/t14-/m0/s1. The highest BCUT2D eigenvalue weighted by molar-refractivity contribution is 7.22. The minimum atomic E-state index is -0.230. The minimum Gasteiger partial charge on any atom is -0.375 e. The second-order valence-corrected chi connectivity index (χ2v) is 7.65. The van der Waals surface area contributed by atoms with Crippen molar-refractivity contribution >= 4 is 32.6 Å². The Morgan fingerprint density at radius 1 is 1.21 bits per heavy atom. The molecule has 5 rings (SSSR count). The maximum atomic E-state index is 13.1. The topological polar surface area (TPSA) is 111 Å². The van der Waals surface area contributed by atoms with Gasteiger partial charge in [-0.1, -0.05) is 16.5 Å². The normalized spacial score (nSPS) is 16.7. The van der Waals surface area contributed by atoms with Gasteiger partial charge in [-0.2, -0.15) is 4.98 Å². The monoisotopic (exact) mass is 392 g/mol.